The predicted octanol–water partition coefficient (Wildman–Crippen LogP) is 0.588. The Hall–Kier alpha value is -0.0600. The second kappa shape index (κ2) is 3.20. The van der Waals surface area contributed by atoms with Crippen molar-refractivity contribution in [2.45, 2.75) is 0 Å². The van der Waals surface area contributed by atoms with Crippen LogP contribution in [0.2, 0.25) is 0 Å². The van der Waals surface area contributed by atoms with Crippen molar-refractivity contribution in [2.75, 3.05) is 14.1 Å². The standard InChI is InChI=1S/C4H8ClNO2S/c1-6(2)9(7,8)4-3-5/h3-4H,1-2H3/b4-3+. The van der Waals surface area contributed by atoms with Crippen LogP contribution in [0, 0.1) is 0 Å². The SMILES string of the molecule is CN(C)S(=O)(=O)/C=C/Cl. The summed E-state index contributed by atoms with van der Waals surface area (Å²) in [5.74, 6) is 0. The van der Waals surface area contributed by atoms with Crippen LogP contribution < -0.4 is 0 Å². The minimum atomic E-state index is -3.23. The number of hydrogen-bond acceptors (Lipinski definition) is 2. The van der Waals surface area contributed by atoms with E-state index in [9.17, 15) is 8.42 Å². The Kier molecular flexibility index (Phi) is 3.17. The van der Waals surface area contributed by atoms with E-state index in [1.807, 2.05) is 0 Å². The van der Waals surface area contributed by atoms with Gasteiger partial charge in [-0.2, -0.15) is 0 Å². The highest BCUT2D eigenvalue weighted by Crippen LogP contribution is 1.96. The molecule has 5 heteroatoms. The average Bonchev–Trinajstić information content (AvgIpc) is 1.65. The number of nitrogens with zero attached hydrogens (tertiary/aromatic N) is 1. The molecule has 0 fully saturated rings. The van der Waals surface area contributed by atoms with E-state index in [1.165, 1.54) is 14.1 Å². The summed E-state index contributed by atoms with van der Waals surface area (Å²) in [6, 6.07) is 0. The van der Waals surface area contributed by atoms with Crippen LogP contribution in [0.5, 0.6) is 0 Å². The van der Waals surface area contributed by atoms with Crippen LogP contribution in [-0.2, 0) is 10.0 Å². The molecular weight excluding hydrogens is 162 g/mol. The summed E-state index contributed by atoms with van der Waals surface area (Å²) >= 11 is 5.04. The number of hydrogen-bond donors (Lipinski definition) is 0. The summed E-state index contributed by atoms with van der Waals surface area (Å²) in [7, 11) is -0.354. The van der Waals surface area contributed by atoms with Gasteiger partial charge in [0.15, 0.2) is 0 Å². The molecule has 0 aromatic carbocycles. The second-order valence-electron chi connectivity index (χ2n) is 1.59. The lowest BCUT2D eigenvalue weighted by Crippen LogP contribution is -2.18. The van der Waals surface area contributed by atoms with Crippen molar-refractivity contribution >= 4 is 21.6 Å². The van der Waals surface area contributed by atoms with Gasteiger partial charge >= 0.3 is 0 Å². The van der Waals surface area contributed by atoms with Gasteiger partial charge in [-0.1, -0.05) is 11.6 Å². The summed E-state index contributed by atoms with van der Waals surface area (Å²) in [5.41, 5.74) is 0.968. The van der Waals surface area contributed by atoms with Crippen LogP contribution in [0.3, 0.4) is 0 Å². The van der Waals surface area contributed by atoms with Gasteiger partial charge in [0.1, 0.15) is 0 Å². The summed E-state index contributed by atoms with van der Waals surface area (Å²) < 4.78 is 22.4. The maximum Gasteiger partial charge on any atom is 0.236 e. The van der Waals surface area contributed by atoms with Crippen LogP contribution in [0.4, 0.5) is 0 Å². The van der Waals surface area contributed by atoms with Crippen LogP contribution in [-0.4, -0.2) is 26.8 Å². The maximum atomic E-state index is 10.7. The summed E-state index contributed by atoms with van der Waals surface area (Å²) in [4.78, 5) is 0. The van der Waals surface area contributed by atoms with Gasteiger partial charge in [-0.15, -0.1) is 0 Å². The zero-order valence-electron chi connectivity index (χ0n) is 5.20. The first kappa shape index (κ1) is 8.94. The van der Waals surface area contributed by atoms with Gasteiger partial charge in [0.2, 0.25) is 10.0 Å². The van der Waals surface area contributed by atoms with Crippen molar-refractivity contribution in [3.05, 3.63) is 10.9 Å². The van der Waals surface area contributed by atoms with Gasteiger partial charge in [0.05, 0.1) is 5.41 Å². The molecule has 0 saturated heterocycles. The molecule has 0 heterocycles. The zero-order valence-corrected chi connectivity index (χ0v) is 6.78. The summed E-state index contributed by atoms with van der Waals surface area (Å²) in [6.45, 7) is 0. The minimum absolute atomic E-state index is 0.925. The molecular formula is C4H8ClNO2S. The van der Waals surface area contributed by atoms with Crippen LogP contribution in [0.1, 0.15) is 0 Å². The predicted molar refractivity (Wildman–Crippen MR) is 37.6 cm³/mol. The third-order valence-electron chi connectivity index (χ3n) is 0.732. The summed E-state index contributed by atoms with van der Waals surface area (Å²) in [6.07, 6.45) is 0. The molecule has 0 atom stereocenters. The normalized spacial score (nSPS) is 13.3. The number of sulfonamides is 1. The van der Waals surface area contributed by atoms with Gasteiger partial charge in [0.25, 0.3) is 0 Å². The van der Waals surface area contributed by atoms with E-state index in [0.29, 0.717) is 0 Å². The van der Waals surface area contributed by atoms with Gasteiger partial charge in [-0.25, -0.2) is 12.7 Å². The van der Waals surface area contributed by atoms with E-state index in [0.717, 1.165) is 15.2 Å². The van der Waals surface area contributed by atoms with Crippen LogP contribution >= 0.6 is 11.6 Å². The Morgan fingerprint density at radius 2 is 1.89 bits per heavy atom. The first-order chi connectivity index (χ1) is 4.00. The third kappa shape index (κ3) is 2.84. The van der Waals surface area contributed by atoms with E-state index in [1.54, 1.807) is 0 Å². The highest BCUT2D eigenvalue weighted by molar-refractivity contribution is 7.92. The number of halogens is 1. The summed E-state index contributed by atoms with van der Waals surface area (Å²) in [5, 5.41) is 0.925. The highest BCUT2D eigenvalue weighted by Gasteiger charge is 2.06. The first-order valence-corrected chi connectivity index (χ1v) is 4.14. The number of rotatable bonds is 2. The smallest absolute Gasteiger partial charge is 0.207 e. The quantitative estimate of drug-likeness (QED) is 0.607. The van der Waals surface area contributed by atoms with Gasteiger partial charge < -0.3 is 0 Å². The van der Waals surface area contributed by atoms with Crippen molar-refractivity contribution in [2.24, 2.45) is 0 Å². The van der Waals surface area contributed by atoms with E-state index in [4.69, 9.17) is 11.6 Å². The lowest BCUT2D eigenvalue weighted by molar-refractivity contribution is 0.531. The Balaban J connectivity index is 4.42. The van der Waals surface area contributed by atoms with E-state index < -0.39 is 10.0 Å². The third-order valence-corrected chi connectivity index (χ3v) is 2.51. The fourth-order valence-electron chi connectivity index (χ4n) is 0.187. The van der Waals surface area contributed by atoms with E-state index in [-0.39, 0.29) is 0 Å². The van der Waals surface area contributed by atoms with Crippen molar-refractivity contribution in [3.8, 4) is 0 Å². The lowest BCUT2D eigenvalue weighted by atomic mass is 11.2. The highest BCUT2D eigenvalue weighted by atomic mass is 35.5. The molecule has 0 aromatic heterocycles. The Bertz CT molecular complexity index is 195. The van der Waals surface area contributed by atoms with Crippen LogP contribution in [0.25, 0.3) is 0 Å². The van der Waals surface area contributed by atoms with Gasteiger partial charge in [-0.05, 0) is 0 Å². The molecule has 0 aliphatic rings. The average molecular weight is 170 g/mol. The van der Waals surface area contributed by atoms with Crippen LogP contribution in [0.15, 0.2) is 10.9 Å². The molecule has 0 aliphatic heterocycles. The molecule has 0 saturated carbocycles. The fourth-order valence-corrected chi connectivity index (χ4v) is 0.950. The Morgan fingerprint density at radius 3 is 2.00 bits per heavy atom. The monoisotopic (exact) mass is 169 g/mol. The van der Waals surface area contributed by atoms with Crippen molar-refractivity contribution in [3.63, 3.8) is 0 Å². The topological polar surface area (TPSA) is 37.4 Å². The molecule has 0 N–H and O–H groups in total. The molecule has 3 nitrogen and oxygen atoms in total. The molecule has 0 aromatic rings. The van der Waals surface area contributed by atoms with Crippen molar-refractivity contribution in [1.29, 1.82) is 0 Å². The molecule has 54 valence electrons. The lowest BCUT2D eigenvalue weighted by Gasteiger charge is -2.04. The van der Waals surface area contributed by atoms with E-state index in [2.05, 4.69) is 0 Å². The van der Waals surface area contributed by atoms with Crippen molar-refractivity contribution < 1.29 is 8.42 Å². The Labute approximate surface area is 60.0 Å². The molecule has 0 rings (SSSR count). The van der Waals surface area contributed by atoms with Gasteiger partial charge in [0, 0.05) is 19.6 Å². The molecule has 0 amide bonds. The molecule has 0 unspecified atom stereocenters. The second-order valence-corrected chi connectivity index (χ2v) is 3.87. The maximum absolute atomic E-state index is 10.7. The van der Waals surface area contributed by atoms with Gasteiger partial charge in [-0.3, -0.25) is 0 Å². The zero-order chi connectivity index (χ0) is 7.49. The molecule has 0 aliphatic carbocycles. The molecule has 0 bridgehead atoms. The molecule has 9 heavy (non-hydrogen) atoms. The minimum Gasteiger partial charge on any atom is -0.207 e. The molecule has 0 spiro atoms. The fraction of sp³-hybridized carbons (Fsp3) is 0.500. The van der Waals surface area contributed by atoms with E-state index >= 15 is 0 Å². The molecule has 0 radical (unpaired) electrons. The first-order valence-electron chi connectivity index (χ1n) is 2.20. The van der Waals surface area contributed by atoms with Crippen molar-refractivity contribution in [1.82, 2.24) is 4.31 Å². The largest absolute Gasteiger partial charge is 0.236 e. The Morgan fingerprint density at radius 1 is 1.44 bits per heavy atom.